The van der Waals surface area contributed by atoms with Crippen LogP contribution in [0.3, 0.4) is 0 Å². The van der Waals surface area contributed by atoms with Crippen molar-refractivity contribution < 1.29 is 14.1 Å². The summed E-state index contributed by atoms with van der Waals surface area (Å²) < 4.78 is 6.23. The highest BCUT2D eigenvalue weighted by Gasteiger charge is 2.41. The topological polar surface area (TPSA) is 114 Å². The number of carbonyl (C=O) groups is 1. The van der Waals surface area contributed by atoms with Crippen LogP contribution in [0, 0.1) is 24.0 Å². The minimum absolute atomic E-state index is 0.0419. The zero-order valence-electron chi connectivity index (χ0n) is 21.5. The van der Waals surface area contributed by atoms with E-state index in [0.29, 0.717) is 28.7 Å². The Morgan fingerprint density at radius 2 is 1.92 bits per heavy atom. The van der Waals surface area contributed by atoms with Crippen LogP contribution in [0.15, 0.2) is 83.4 Å². The first-order valence-electron chi connectivity index (χ1n) is 12.5. The second-order valence-electron chi connectivity index (χ2n) is 9.41. The third kappa shape index (κ3) is 5.51. The van der Waals surface area contributed by atoms with Crippen molar-refractivity contribution in [3.05, 3.63) is 112 Å². The van der Waals surface area contributed by atoms with Gasteiger partial charge in [0.05, 0.1) is 22.2 Å². The van der Waals surface area contributed by atoms with Crippen LogP contribution < -0.4 is 10.6 Å². The van der Waals surface area contributed by atoms with E-state index in [9.17, 15) is 14.9 Å². The van der Waals surface area contributed by atoms with Gasteiger partial charge >= 0.3 is 0 Å². The number of nitro groups is 1. The number of benzene rings is 2. The molecule has 1 aliphatic rings. The normalized spacial score (nSPS) is 16.7. The van der Waals surface area contributed by atoms with Gasteiger partial charge in [0.1, 0.15) is 17.6 Å². The van der Waals surface area contributed by atoms with Crippen molar-refractivity contribution in [2.45, 2.75) is 32.4 Å². The number of aryl methyl sites for hydroxylation is 2. The van der Waals surface area contributed by atoms with Crippen LogP contribution in [0.4, 0.5) is 11.4 Å². The summed E-state index contributed by atoms with van der Waals surface area (Å²) in [4.78, 5) is 30.5. The highest BCUT2D eigenvalue weighted by molar-refractivity contribution is 7.80. The lowest BCUT2D eigenvalue weighted by Gasteiger charge is -2.26. The predicted octanol–water partition coefficient (Wildman–Crippen LogP) is 5.87. The van der Waals surface area contributed by atoms with Crippen molar-refractivity contribution in [1.82, 2.24) is 15.2 Å². The first-order valence-corrected chi connectivity index (χ1v) is 12.9. The van der Waals surface area contributed by atoms with Gasteiger partial charge in [-0.1, -0.05) is 30.3 Å². The van der Waals surface area contributed by atoms with Gasteiger partial charge in [-0.05, 0) is 73.6 Å². The van der Waals surface area contributed by atoms with E-state index >= 15 is 0 Å². The van der Waals surface area contributed by atoms with E-state index in [1.807, 2.05) is 55.1 Å². The van der Waals surface area contributed by atoms with E-state index in [4.69, 9.17) is 16.6 Å². The van der Waals surface area contributed by atoms with Crippen molar-refractivity contribution in [3.63, 3.8) is 0 Å². The fraction of sp³-hybridized carbons (Fsp3) is 0.207. The molecule has 1 aliphatic heterocycles. The summed E-state index contributed by atoms with van der Waals surface area (Å²) >= 11 is 5.69. The molecule has 0 radical (unpaired) electrons. The molecule has 4 aromatic rings. The molecule has 1 amide bonds. The fourth-order valence-corrected chi connectivity index (χ4v) is 5.09. The van der Waals surface area contributed by atoms with Crippen molar-refractivity contribution >= 4 is 34.6 Å². The summed E-state index contributed by atoms with van der Waals surface area (Å²) in [7, 11) is 0. The third-order valence-electron chi connectivity index (χ3n) is 6.73. The predicted molar refractivity (Wildman–Crippen MR) is 152 cm³/mol. The van der Waals surface area contributed by atoms with Gasteiger partial charge in [0.2, 0.25) is 5.91 Å². The maximum atomic E-state index is 12.9. The summed E-state index contributed by atoms with van der Waals surface area (Å²) in [5.74, 6) is 0.801. The second kappa shape index (κ2) is 11.0. The Kier molecular flexibility index (Phi) is 7.38. The lowest BCUT2D eigenvalue weighted by Crippen LogP contribution is -2.32. The standard InChI is InChI=1S/C29H27N5O4S/c1-18-10-11-19(2)22(17-18)31-26(35)14-16-33-28(27(32-29(33)39)21-8-5-6-15-30-21)25-13-12-24(38-25)20-7-3-4-9-23(20)34(36)37/h3-13,15,17,27-28H,14,16H2,1-2H3,(H,31,35)(H,32,39)/t27-,28+/m1/s1. The lowest BCUT2D eigenvalue weighted by atomic mass is 10.0. The average molecular weight is 542 g/mol. The number of anilines is 1. The molecule has 0 spiro atoms. The van der Waals surface area contributed by atoms with Gasteiger partial charge in [0.25, 0.3) is 5.69 Å². The lowest BCUT2D eigenvalue weighted by molar-refractivity contribution is -0.384. The quantitative estimate of drug-likeness (QED) is 0.162. The first kappa shape index (κ1) is 26.1. The molecule has 2 aromatic heterocycles. The number of rotatable bonds is 8. The van der Waals surface area contributed by atoms with E-state index in [-0.39, 0.29) is 24.1 Å². The molecule has 2 atom stereocenters. The van der Waals surface area contributed by atoms with E-state index in [1.54, 1.807) is 36.5 Å². The zero-order valence-corrected chi connectivity index (χ0v) is 22.3. The Hall–Kier alpha value is -4.57. The number of thiocarbonyl (C=S) groups is 1. The largest absolute Gasteiger partial charge is 0.459 e. The molecule has 0 aliphatic carbocycles. The first-order chi connectivity index (χ1) is 18.8. The average Bonchev–Trinajstić information content (AvgIpc) is 3.54. The van der Waals surface area contributed by atoms with Crippen LogP contribution in [0.2, 0.25) is 0 Å². The fourth-order valence-electron chi connectivity index (χ4n) is 4.76. The highest BCUT2D eigenvalue weighted by Crippen LogP contribution is 2.41. The van der Waals surface area contributed by atoms with Crippen LogP contribution in [-0.2, 0) is 4.79 Å². The molecule has 0 bridgehead atoms. The van der Waals surface area contributed by atoms with Crippen LogP contribution >= 0.6 is 12.2 Å². The third-order valence-corrected chi connectivity index (χ3v) is 7.08. The molecule has 9 nitrogen and oxygen atoms in total. The van der Waals surface area contributed by atoms with E-state index in [2.05, 4.69) is 15.6 Å². The number of para-hydroxylation sites is 1. The number of nitrogens with zero attached hydrogens (tertiary/aromatic N) is 3. The number of hydrogen-bond acceptors (Lipinski definition) is 6. The summed E-state index contributed by atoms with van der Waals surface area (Å²) in [6, 6.07) is 20.8. The van der Waals surface area contributed by atoms with E-state index in [1.165, 1.54) is 6.07 Å². The molecular formula is C29H27N5O4S. The van der Waals surface area contributed by atoms with E-state index in [0.717, 1.165) is 22.5 Å². The number of hydrogen-bond donors (Lipinski definition) is 2. The van der Waals surface area contributed by atoms with Gasteiger partial charge in [0.15, 0.2) is 5.11 Å². The Labute approximate surface area is 231 Å². The van der Waals surface area contributed by atoms with Crippen LogP contribution in [0.5, 0.6) is 0 Å². The van der Waals surface area contributed by atoms with E-state index < -0.39 is 11.0 Å². The summed E-state index contributed by atoms with van der Waals surface area (Å²) in [6.07, 6.45) is 1.90. The summed E-state index contributed by atoms with van der Waals surface area (Å²) in [5.41, 5.74) is 3.93. The monoisotopic (exact) mass is 541 g/mol. The van der Waals surface area contributed by atoms with Crippen LogP contribution in [-0.4, -0.2) is 32.4 Å². The van der Waals surface area contributed by atoms with Crippen LogP contribution in [0.1, 0.15) is 41.1 Å². The molecule has 0 saturated carbocycles. The minimum atomic E-state index is -0.429. The number of nitro benzene ring substituents is 1. The maximum Gasteiger partial charge on any atom is 0.280 e. The number of nitrogens with one attached hydrogen (secondary N) is 2. The molecule has 1 saturated heterocycles. The Morgan fingerprint density at radius 1 is 1.13 bits per heavy atom. The number of amides is 1. The molecule has 3 heterocycles. The van der Waals surface area contributed by atoms with Gasteiger partial charge in [-0.2, -0.15) is 0 Å². The highest BCUT2D eigenvalue weighted by atomic mass is 32.1. The maximum absolute atomic E-state index is 12.9. The Morgan fingerprint density at radius 3 is 2.69 bits per heavy atom. The van der Waals surface area contributed by atoms with Crippen molar-refractivity contribution in [1.29, 1.82) is 0 Å². The van der Waals surface area contributed by atoms with Crippen molar-refractivity contribution in [3.8, 4) is 11.3 Å². The molecular weight excluding hydrogens is 514 g/mol. The van der Waals surface area contributed by atoms with Gasteiger partial charge in [-0.15, -0.1) is 0 Å². The number of furan rings is 1. The molecule has 10 heteroatoms. The minimum Gasteiger partial charge on any atom is -0.459 e. The van der Waals surface area contributed by atoms with Crippen molar-refractivity contribution in [2.75, 3.05) is 11.9 Å². The molecule has 198 valence electrons. The van der Waals surface area contributed by atoms with Crippen LogP contribution in [0.25, 0.3) is 11.3 Å². The molecule has 2 N–H and O–H groups in total. The Bertz CT molecular complexity index is 1540. The summed E-state index contributed by atoms with van der Waals surface area (Å²) in [5, 5.41) is 18.4. The van der Waals surface area contributed by atoms with Gasteiger partial charge in [-0.25, -0.2) is 0 Å². The SMILES string of the molecule is Cc1ccc(C)c(NC(=O)CCN2C(=S)N[C@H](c3ccccn3)[C@@H]2c2ccc(-c3ccccc3[N+](=O)[O-])o2)c1. The smallest absolute Gasteiger partial charge is 0.280 e. The van der Waals surface area contributed by atoms with Gasteiger partial charge in [0, 0.05) is 30.9 Å². The number of aromatic nitrogens is 1. The Balaban J connectivity index is 1.43. The summed E-state index contributed by atoms with van der Waals surface area (Å²) in [6.45, 7) is 4.26. The molecule has 1 fully saturated rings. The van der Waals surface area contributed by atoms with Gasteiger partial charge in [-0.3, -0.25) is 19.9 Å². The zero-order chi connectivity index (χ0) is 27.5. The second-order valence-corrected chi connectivity index (χ2v) is 9.80. The van der Waals surface area contributed by atoms with Crippen molar-refractivity contribution in [2.24, 2.45) is 0 Å². The van der Waals surface area contributed by atoms with Gasteiger partial charge < -0.3 is 20.0 Å². The number of carbonyl (C=O) groups excluding carboxylic acids is 1. The number of pyridine rings is 1. The molecule has 39 heavy (non-hydrogen) atoms. The molecule has 0 unspecified atom stereocenters. The molecule has 2 aromatic carbocycles. The molecule has 5 rings (SSSR count).